The summed E-state index contributed by atoms with van der Waals surface area (Å²) in [6, 6.07) is 10.9. The van der Waals surface area contributed by atoms with Gasteiger partial charge in [-0.15, -0.1) is 0 Å². The number of amides is 1. The Balaban J connectivity index is 1.62. The molecule has 3 aromatic rings. The number of carbonyl (C=O) groups is 1. The molecule has 0 saturated heterocycles. The van der Waals surface area contributed by atoms with Crippen molar-refractivity contribution < 1.29 is 37.3 Å². The van der Waals surface area contributed by atoms with E-state index in [9.17, 15) is 22.8 Å². The number of aryl methyl sites for hydroxylation is 1. The van der Waals surface area contributed by atoms with Gasteiger partial charge in [-0.25, -0.2) is 18.3 Å². The van der Waals surface area contributed by atoms with Gasteiger partial charge in [-0.1, -0.05) is 6.07 Å². The number of hydrogen-bond acceptors (Lipinski definition) is 6. The van der Waals surface area contributed by atoms with Gasteiger partial charge in [-0.3, -0.25) is 10.0 Å². The number of aromatic amines is 1. The van der Waals surface area contributed by atoms with Crippen molar-refractivity contribution in [2.75, 3.05) is 13.2 Å². The van der Waals surface area contributed by atoms with E-state index >= 15 is 0 Å². The summed E-state index contributed by atoms with van der Waals surface area (Å²) >= 11 is 0. The van der Waals surface area contributed by atoms with Crippen molar-refractivity contribution in [3.8, 4) is 17.4 Å². The van der Waals surface area contributed by atoms with Gasteiger partial charge in [-0.05, 0) is 67.8 Å². The third-order valence-corrected chi connectivity index (χ3v) is 7.63. The molecule has 1 amide bonds. The summed E-state index contributed by atoms with van der Waals surface area (Å²) < 4.78 is 53.7. The number of hydrogen-bond donors (Lipinski definition) is 2. The largest absolute Gasteiger partial charge is 0.494 e. The van der Waals surface area contributed by atoms with Crippen LogP contribution in [0.5, 0.6) is 17.4 Å². The molecule has 35 heavy (non-hydrogen) atoms. The molecule has 2 heterocycles. The Morgan fingerprint density at radius 1 is 1.17 bits per heavy atom. The van der Waals surface area contributed by atoms with Gasteiger partial charge < -0.3 is 9.47 Å². The lowest BCUT2D eigenvalue weighted by atomic mass is 9.90. The molecule has 0 fully saturated rings. The van der Waals surface area contributed by atoms with E-state index in [1.165, 1.54) is 29.9 Å². The van der Waals surface area contributed by atoms with Crippen molar-refractivity contribution >= 4 is 15.9 Å². The third kappa shape index (κ3) is 4.83. The summed E-state index contributed by atoms with van der Waals surface area (Å²) in [4.78, 5) is 15.2. The number of H-pyrrole nitrogens is 1. The standard InChI is InChI=1S/C24H24FN3O6S/c1-3-33-16-5-7-17(8-6-16)34-21-11-9-18(14-26-21)35(31,32)28-13-12-19-15(2)4-10-20(25)22(19)23(28)24(29)27-30/h4-11,14,23,30H,3,12-13H2,1-2H3,(H,27,29)/p+1. The number of sulfonamides is 1. The quantitative estimate of drug-likeness (QED) is 0.379. The Bertz CT molecular complexity index is 1330. The second-order valence-electron chi connectivity index (χ2n) is 7.90. The minimum absolute atomic E-state index is 0.0641. The van der Waals surface area contributed by atoms with Crippen molar-refractivity contribution in [3.05, 3.63) is 77.2 Å². The van der Waals surface area contributed by atoms with Gasteiger partial charge in [0, 0.05) is 12.1 Å². The molecule has 4 rings (SSSR count). The summed E-state index contributed by atoms with van der Waals surface area (Å²) in [6.45, 7) is 4.11. The van der Waals surface area contributed by atoms with Crippen molar-refractivity contribution in [1.29, 1.82) is 0 Å². The van der Waals surface area contributed by atoms with Crippen LogP contribution in [0.4, 0.5) is 4.39 Å². The Morgan fingerprint density at radius 3 is 2.51 bits per heavy atom. The van der Waals surface area contributed by atoms with E-state index in [1.807, 2.05) is 6.92 Å². The van der Waals surface area contributed by atoms with Gasteiger partial charge in [-0.2, -0.15) is 9.29 Å². The smallest absolute Gasteiger partial charge is 0.371 e. The molecule has 0 saturated carbocycles. The highest BCUT2D eigenvalue weighted by molar-refractivity contribution is 7.89. The molecule has 0 radical (unpaired) electrons. The van der Waals surface area contributed by atoms with Crippen molar-refractivity contribution in [2.45, 2.75) is 31.2 Å². The number of rotatable bonds is 7. The highest BCUT2D eigenvalue weighted by atomic mass is 32.2. The number of benzene rings is 2. The van der Waals surface area contributed by atoms with Gasteiger partial charge in [0.25, 0.3) is 5.91 Å². The number of fused-ring (bicyclic) bond motifs is 1. The molecular formula is C24H25FN3O6S+. The van der Waals surface area contributed by atoms with Crippen LogP contribution in [0.3, 0.4) is 0 Å². The predicted octanol–water partition coefficient (Wildman–Crippen LogP) is 2.93. The lowest BCUT2D eigenvalue weighted by Gasteiger charge is -2.35. The van der Waals surface area contributed by atoms with Crippen molar-refractivity contribution in [2.24, 2.45) is 0 Å². The summed E-state index contributed by atoms with van der Waals surface area (Å²) in [5.41, 5.74) is 2.70. The zero-order chi connectivity index (χ0) is 25.2. The van der Waals surface area contributed by atoms with Gasteiger partial charge in [0.15, 0.2) is 6.20 Å². The Kier molecular flexibility index (Phi) is 7.01. The minimum Gasteiger partial charge on any atom is -0.494 e. The molecule has 1 atom stereocenters. The van der Waals surface area contributed by atoms with E-state index in [1.54, 1.807) is 37.3 Å². The fraction of sp³-hybridized carbons (Fsp3) is 0.250. The molecule has 1 unspecified atom stereocenters. The SMILES string of the molecule is CCOc1ccc(Oc2ccc(S(=O)(=O)N3CCc4c(C)ccc(F)c4C3C(=O)NO)c[nH+]2)cc1. The number of ether oxygens (including phenoxy) is 2. The second-order valence-corrected chi connectivity index (χ2v) is 9.79. The molecule has 0 bridgehead atoms. The highest BCUT2D eigenvalue weighted by Crippen LogP contribution is 2.37. The number of nitrogens with zero attached hydrogens (tertiary/aromatic N) is 1. The minimum atomic E-state index is -4.25. The third-order valence-electron chi connectivity index (χ3n) is 5.77. The van der Waals surface area contributed by atoms with E-state index in [0.29, 0.717) is 23.7 Å². The van der Waals surface area contributed by atoms with Crippen LogP contribution in [0.2, 0.25) is 0 Å². The number of carbonyl (C=O) groups excluding carboxylic acids is 1. The maximum atomic E-state index is 14.8. The monoisotopic (exact) mass is 502 g/mol. The fourth-order valence-electron chi connectivity index (χ4n) is 4.10. The fourth-order valence-corrected chi connectivity index (χ4v) is 5.63. The van der Waals surface area contributed by atoms with Crippen molar-refractivity contribution in [1.82, 2.24) is 9.79 Å². The molecule has 0 spiro atoms. The van der Waals surface area contributed by atoms with Crippen LogP contribution in [0, 0.1) is 12.7 Å². The highest BCUT2D eigenvalue weighted by Gasteiger charge is 2.43. The molecule has 11 heteroatoms. The molecule has 1 aliphatic heterocycles. The van der Waals surface area contributed by atoms with Gasteiger partial charge in [0.05, 0.1) is 12.7 Å². The van der Waals surface area contributed by atoms with Crippen LogP contribution < -0.4 is 19.9 Å². The van der Waals surface area contributed by atoms with Crippen molar-refractivity contribution in [3.63, 3.8) is 0 Å². The van der Waals surface area contributed by atoms with E-state index in [0.717, 1.165) is 9.87 Å². The molecule has 184 valence electrons. The van der Waals surface area contributed by atoms with E-state index in [-0.39, 0.29) is 29.3 Å². The second kappa shape index (κ2) is 9.98. The summed E-state index contributed by atoms with van der Waals surface area (Å²) in [7, 11) is -4.25. The van der Waals surface area contributed by atoms with Crippen LogP contribution in [0.1, 0.15) is 29.7 Å². The van der Waals surface area contributed by atoms with Gasteiger partial charge in [0.2, 0.25) is 10.0 Å². The molecular weight excluding hydrogens is 477 g/mol. The molecule has 1 aliphatic rings. The molecule has 3 N–H and O–H groups in total. The average Bonchev–Trinajstić information content (AvgIpc) is 2.86. The number of hydroxylamine groups is 1. The predicted molar refractivity (Wildman–Crippen MR) is 122 cm³/mol. The molecule has 0 aliphatic carbocycles. The Hall–Kier alpha value is -3.54. The van der Waals surface area contributed by atoms with Crippen LogP contribution >= 0.6 is 0 Å². The number of pyridine rings is 1. The maximum Gasteiger partial charge on any atom is 0.371 e. The summed E-state index contributed by atoms with van der Waals surface area (Å²) in [5.74, 6) is -0.272. The van der Waals surface area contributed by atoms with E-state index in [2.05, 4.69) is 4.98 Å². The normalized spacial score (nSPS) is 15.8. The van der Waals surface area contributed by atoms with Crippen LogP contribution in [-0.2, 0) is 21.2 Å². The van der Waals surface area contributed by atoms with E-state index in [4.69, 9.17) is 9.47 Å². The zero-order valence-corrected chi connectivity index (χ0v) is 19.9. The number of nitrogens with one attached hydrogen (secondary N) is 2. The first-order chi connectivity index (χ1) is 16.8. The maximum absolute atomic E-state index is 14.8. The van der Waals surface area contributed by atoms with Gasteiger partial charge >= 0.3 is 5.88 Å². The summed E-state index contributed by atoms with van der Waals surface area (Å²) in [5, 5.41) is 9.28. The number of aromatic nitrogens is 1. The Morgan fingerprint density at radius 2 is 1.89 bits per heavy atom. The lowest BCUT2D eigenvalue weighted by Crippen LogP contribution is -2.47. The zero-order valence-electron chi connectivity index (χ0n) is 19.1. The average molecular weight is 503 g/mol. The summed E-state index contributed by atoms with van der Waals surface area (Å²) in [6.07, 6.45) is 1.45. The van der Waals surface area contributed by atoms with Crippen LogP contribution in [-0.4, -0.2) is 37.0 Å². The van der Waals surface area contributed by atoms with Gasteiger partial charge in [0.1, 0.15) is 28.3 Å². The van der Waals surface area contributed by atoms with E-state index < -0.39 is 27.8 Å². The topological polar surface area (TPSA) is 119 Å². The molecule has 2 aromatic carbocycles. The first-order valence-corrected chi connectivity index (χ1v) is 12.4. The Labute approximate surface area is 202 Å². The van der Waals surface area contributed by atoms with Crippen LogP contribution in [0.15, 0.2) is 59.6 Å². The lowest BCUT2D eigenvalue weighted by molar-refractivity contribution is -0.393. The molecule has 9 nitrogen and oxygen atoms in total. The first-order valence-electron chi connectivity index (χ1n) is 10.9. The first kappa shape index (κ1) is 24.6. The molecule has 1 aromatic heterocycles. The van der Waals surface area contributed by atoms with Crippen LogP contribution in [0.25, 0.3) is 0 Å². The number of halogens is 1.